The number of hydrogen-bond donors (Lipinski definition) is 2. The zero-order valence-corrected chi connectivity index (χ0v) is 17.7. The number of ether oxygens (including phenoxy) is 3. The van der Waals surface area contributed by atoms with Gasteiger partial charge in [0.25, 0.3) is 0 Å². The van der Waals surface area contributed by atoms with Crippen molar-refractivity contribution in [2.24, 2.45) is 0 Å². The fourth-order valence-electron chi connectivity index (χ4n) is 4.24. The van der Waals surface area contributed by atoms with E-state index in [1.165, 1.54) is 0 Å². The van der Waals surface area contributed by atoms with Crippen molar-refractivity contribution < 1.29 is 19.2 Å². The van der Waals surface area contributed by atoms with Crippen LogP contribution in [-0.4, -0.2) is 32.5 Å². The SMILES string of the molecule is COc1cc(C(=C2C=[NH+]c3ccccc32)c2c[nH]c3ccccc23)cc(OC)c1OC. The first-order chi connectivity index (χ1) is 15.2. The van der Waals surface area contributed by atoms with Gasteiger partial charge in [-0.25, -0.2) is 4.99 Å². The third kappa shape index (κ3) is 3.06. The molecule has 154 valence electrons. The predicted molar refractivity (Wildman–Crippen MR) is 123 cm³/mol. The van der Waals surface area contributed by atoms with Crippen molar-refractivity contribution in [2.75, 3.05) is 21.3 Å². The Morgan fingerprint density at radius 1 is 0.839 bits per heavy atom. The second-order valence-electron chi connectivity index (χ2n) is 7.28. The first-order valence-corrected chi connectivity index (χ1v) is 10.1. The van der Waals surface area contributed by atoms with E-state index in [9.17, 15) is 0 Å². The third-order valence-corrected chi connectivity index (χ3v) is 5.67. The van der Waals surface area contributed by atoms with Gasteiger partial charge in [0.15, 0.2) is 17.7 Å². The van der Waals surface area contributed by atoms with E-state index in [1.54, 1.807) is 21.3 Å². The van der Waals surface area contributed by atoms with E-state index in [2.05, 4.69) is 58.8 Å². The summed E-state index contributed by atoms with van der Waals surface area (Å²) >= 11 is 0. The fourth-order valence-corrected chi connectivity index (χ4v) is 4.24. The van der Waals surface area contributed by atoms with Crippen LogP contribution in [0, 0.1) is 0 Å². The fraction of sp³-hybridized carbons (Fsp3) is 0.115. The van der Waals surface area contributed by atoms with Gasteiger partial charge in [-0.2, -0.15) is 0 Å². The Kier molecular flexibility index (Phi) is 4.71. The van der Waals surface area contributed by atoms with E-state index in [1.807, 2.05) is 24.3 Å². The highest BCUT2D eigenvalue weighted by Crippen LogP contribution is 2.44. The van der Waals surface area contributed by atoms with Crippen LogP contribution in [0.3, 0.4) is 0 Å². The predicted octanol–water partition coefficient (Wildman–Crippen LogP) is 3.95. The summed E-state index contributed by atoms with van der Waals surface area (Å²) in [6, 6.07) is 20.6. The molecule has 5 nitrogen and oxygen atoms in total. The summed E-state index contributed by atoms with van der Waals surface area (Å²) in [6.07, 6.45) is 4.12. The van der Waals surface area contributed by atoms with Crippen molar-refractivity contribution in [2.45, 2.75) is 0 Å². The number of allylic oxidation sites excluding steroid dienone is 1. The number of benzene rings is 3. The Bertz CT molecular complexity index is 1320. The summed E-state index contributed by atoms with van der Waals surface area (Å²) < 4.78 is 16.8. The molecule has 0 radical (unpaired) electrons. The lowest BCUT2D eigenvalue weighted by atomic mass is 9.89. The van der Waals surface area contributed by atoms with Crippen LogP contribution in [0.5, 0.6) is 17.2 Å². The molecule has 4 aromatic rings. The molecule has 2 N–H and O–H groups in total. The summed E-state index contributed by atoms with van der Waals surface area (Å²) in [5, 5.41) is 1.15. The van der Waals surface area contributed by atoms with E-state index in [4.69, 9.17) is 14.2 Å². The average molecular weight is 411 g/mol. The summed E-state index contributed by atoms with van der Waals surface area (Å²) in [5.41, 5.74) is 7.59. The van der Waals surface area contributed by atoms with E-state index >= 15 is 0 Å². The summed E-state index contributed by atoms with van der Waals surface area (Å²) in [5.74, 6) is 1.81. The topological polar surface area (TPSA) is 57.5 Å². The van der Waals surface area contributed by atoms with Crippen molar-refractivity contribution in [3.63, 3.8) is 0 Å². The van der Waals surface area contributed by atoms with Crippen LogP contribution in [0.4, 0.5) is 5.69 Å². The third-order valence-electron chi connectivity index (χ3n) is 5.67. The molecule has 0 bridgehead atoms. The second kappa shape index (κ2) is 7.69. The Hall–Kier alpha value is -3.99. The van der Waals surface area contributed by atoms with E-state index < -0.39 is 0 Å². The first-order valence-electron chi connectivity index (χ1n) is 10.1. The minimum atomic E-state index is 0.575. The van der Waals surface area contributed by atoms with Crippen LogP contribution in [0.1, 0.15) is 16.7 Å². The van der Waals surface area contributed by atoms with Gasteiger partial charge >= 0.3 is 0 Å². The molecule has 0 fully saturated rings. The van der Waals surface area contributed by atoms with Gasteiger partial charge in [0.05, 0.1) is 32.5 Å². The quantitative estimate of drug-likeness (QED) is 0.523. The molecule has 5 rings (SSSR count). The number of methoxy groups -OCH3 is 3. The Balaban J connectivity index is 1.86. The molecule has 2 heterocycles. The Morgan fingerprint density at radius 2 is 1.55 bits per heavy atom. The van der Waals surface area contributed by atoms with Gasteiger partial charge < -0.3 is 19.2 Å². The average Bonchev–Trinajstić information content (AvgIpc) is 3.44. The van der Waals surface area contributed by atoms with E-state index in [-0.39, 0.29) is 0 Å². The van der Waals surface area contributed by atoms with Crippen molar-refractivity contribution in [1.82, 2.24) is 4.98 Å². The molecule has 1 aliphatic rings. The van der Waals surface area contributed by atoms with Gasteiger partial charge in [-0.3, -0.25) is 0 Å². The standard InChI is InChI=1S/C26H22N2O3/c1-29-23-12-16(13-24(30-2)26(23)31-3)25(19-14-27-21-10-6-4-8-17(19)21)20-15-28-22-11-7-5-9-18(20)22/h4-15,27H,1-3H3/p+1. The van der Waals surface area contributed by atoms with Crippen LogP contribution in [0.15, 0.2) is 66.9 Å². The molecule has 0 atom stereocenters. The number of nitrogens with one attached hydrogen (secondary N) is 2. The number of hydrogen-bond acceptors (Lipinski definition) is 3. The highest BCUT2D eigenvalue weighted by atomic mass is 16.5. The molecule has 3 aromatic carbocycles. The molecule has 5 heteroatoms. The molecule has 0 amide bonds. The maximum atomic E-state index is 5.65. The van der Waals surface area contributed by atoms with Crippen molar-refractivity contribution in [1.29, 1.82) is 0 Å². The summed E-state index contributed by atoms with van der Waals surface area (Å²) in [6.45, 7) is 0. The number of fused-ring (bicyclic) bond motifs is 2. The normalized spacial score (nSPS) is 13.9. The molecule has 0 unspecified atom stereocenters. The van der Waals surface area contributed by atoms with Crippen LogP contribution < -0.4 is 19.2 Å². The number of para-hydroxylation sites is 2. The zero-order valence-electron chi connectivity index (χ0n) is 17.7. The number of H-pyrrole nitrogens is 1. The zero-order chi connectivity index (χ0) is 21.4. The van der Waals surface area contributed by atoms with Gasteiger partial charge in [-0.15, -0.1) is 0 Å². The smallest absolute Gasteiger partial charge is 0.211 e. The van der Waals surface area contributed by atoms with E-state index in [0.29, 0.717) is 17.2 Å². The monoisotopic (exact) mass is 411 g/mol. The van der Waals surface area contributed by atoms with E-state index in [0.717, 1.165) is 44.4 Å². The van der Waals surface area contributed by atoms with Gasteiger partial charge in [-0.1, -0.05) is 30.3 Å². The Labute approximate surface area is 180 Å². The minimum absolute atomic E-state index is 0.575. The van der Waals surface area contributed by atoms with Crippen molar-refractivity contribution in [3.8, 4) is 17.2 Å². The molecule has 0 spiro atoms. The lowest BCUT2D eigenvalue weighted by Crippen LogP contribution is -2.58. The lowest BCUT2D eigenvalue weighted by molar-refractivity contribution is -0.342. The summed E-state index contributed by atoms with van der Waals surface area (Å²) in [7, 11) is 4.89. The Morgan fingerprint density at radius 3 is 2.29 bits per heavy atom. The minimum Gasteiger partial charge on any atom is -0.493 e. The maximum absolute atomic E-state index is 5.65. The number of aromatic amines is 1. The van der Waals surface area contributed by atoms with Gasteiger partial charge in [0.1, 0.15) is 0 Å². The van der Waals surface area contributed by atoms with Crippen LogP contribution in [0.2, 0.25) is 0 Å². The van der Waals surface area contributed by atoms with Crippen molar-refractivity contribution >= 4 is 34.0 Å². The van der Waals surface area contributed by atoms with Gasteiger partial charge in [0.2, 0.25) is 11.4 Å². The molecule has 0 saturated carbocycles. The second-order valence-corrected chi connectivity index (χ2v) is 7.28. The van der Waals surface area contributed by atoms with Crippen LogP contribution >= 0.6 is 0 Å². The number of aromatic nitrogens is 1. The molecular weight excluding hydrogens is 388 g/mol. The van der Waals surface area contributed by atoms with Gasteiger partial charge in [-0.05, 0) is 29.8 Å². The molecule has 1 aromatic heterocycles. The first kappa shape index (κ1) is 19.0. The molecule has 0 aliphatic carbocycles. The molecule has 31 heavy (non-hydrogen) atoms. The largest absolute Gasteiger partial charge is 0.493 e. The van der Waals surface area contributed by atoms with Crippen LogP contribution in [-0.2, 0) is 0 Å². The van der Waals surface area contributed by atoms with Crippen molar-refractivity contribution in [3.05, 3.63) is 83.6 Å². The number of rotatable bonds is 5. The molecule has 1 aliphatic heterocycles. The lowest BCUT2D eigenvalue weighted by Gasteiger charge is -2.16. The highest BCUT2D eigenvalue weighted by molar-refractivity contribution is 6.24. The summed E-state index contributed by atoms with van der Waals surface area (Å²) in [4.78, 5) is 6.82. The van der Waals surface area contributed by atoms with Crippen LogP contribution in [0.25, 0.3) is 22.0 Å². The maximum Gasteiger partial charge on any atom is 0.211 e. The highest BCUT2D eigenvalue weighted by Gasteiger charge is 2.26. The van der Waals surface area contributed by atoms with Gasteiger partial charge in [0, 0.05) is 34.3 Å². The molecular formula is C26H23N2O3+. The molecule has 0 saturated heterocycles.